The molecule has 0 aromatic rings. The van der Waals surface area contributed by atoms with Gasteiger partial charge in [-0.3, -0.25) is 9.59 Å². The molecule has 2 saturated heterocycles. The number of carbonyl (C=O) groups excluding carboxylic acids is 2. The first-order valence-corrected chi connectivity index (χ1v) is 6.93. The number of hydrogen-bond donors (Lipinski definition) is 0. The summed E-state index contributed by atoms with van der Waals surface area (Å²) in [6.45, 7) is 5.76. The van der Waals surface area contributed by atoms with Gasteiger partial charge in [0, 0.05) is 33.2 Å². The van der Waals surface area contributed by atoms with E-state index in [4.69, 9.17) is 15.0 Å². The number of Topliss-reactive ketones (excluding diaryl/α,β-unsaturated/α-hetero) is 2. The third kappa shape index (κ3) is 13.1. The van der Waals surface area contributed by atoms with Gasteiger partial charge in [-0.2, -0.15) is 4.79 Å². The van der Waals surface area contributed by atoms with Crippen molar-refractivity contribution in [3.05, 3.63) is 5.53 Å². The number of nitrogens with zero attached hydrogens (tertiary/aromatic N) is 2. The van der Waals surface area contributed by atoms with Crippen molar-refractivity contribution in [2.45, 2.75) is 52.1 Å². The molecule has 2 heterocycles. The van der Waals surface area contributed by atoms with Crippen molar-refractivity contribution in [3.63, 3.8) is 0 Å². The highest BCUT2D eigenvalue weighted by Crippen LogP contribution is 2.14. The molecule has 0 amide bonds. The molecule has 0 spiro atoms. The Morgan fingerprint density at radius 3 is 2.10 bits per heavy atom. The SMILES string of the molecule is C1CCOC1.CC(=O)C=[N+]=[N-].CC(=O)CC1CCCO1. The van der Waals surface area contributed by atoms with Crippen LogP contribution in [0.1, 0.15) is 46.0 Å². The average Bonchev–Trinajstić information content (AvgIpc) is 3.03. The fraction of sp³-hybridized carbons (Fsp3) is 0.786. The van der Waals surface area contributed by atoms with Crippen LogP contribution in [0.5, 0.6) is 0 Å². The van der Waals surface area contributed by atoms with E-state index in [1.807, 2.05) is 0 Å². The van der Waals surface area contributed by atoms with E-state index in [0.717, 1.165) is 38.9 Å². The standard InChI is InChI=1S/C7H12O2.C4H8O.C3H4N2O/c1-6(8)5-7-3-2-4-9-7;1-2-4-5-3-1;1-3(6)2-5-4/h7H,2-5H2,1H3;1-4H2;2H,1H3. The lowest BCUT2D eigenvalue weighted by atomic mass is 10.1. The molecule has 0 aromatic carbocycles. The molecule has 2 rings (SSSR count). The fourth-order valence-corrected chi connectivity index (χ4v) is 1.72. The minimum atomic E-state index is -0.252. The van der Waals surface area contributed by atoms with Crippen molar-refractivity contribution in [2.75, 3.05) is 19.8 Å². The first-order chi connectivity index (χ1) is 9.56. The lowest BCUT2D eigenvalue weighted by Crippen LogP contribution is -2.09. The summed E-state index contributed by atoms with van der Waals surface area (Å²) < 4.78 is 10.2. The first-order valence-electron chi connectivity index (χ1n) is 6.93. The van der Waals surface area contributed by atoms with Crippen molar-refractivity contribution in [1.29, 1.82) is 0 Å². The van der Waals surface area contributed by atoms with E-state index in [2.05, 4.69) is 4.79 Å². The largest absolute Gasteiger partial charge is 0.381 e. The quantitative estimate of drug-likeness (QED) is 0.449. The van der Waals surface area contributed by atoms with Gasteiger partial charge in [-0.25, -0.2) is 0 Å². The second-order valence-corrected chi connectivity index (χ2v) is 4.72. The Balaban J connectivity index is 0.000000287. The van der Waals surface area contributed by atoms with Crippen LogP contribution in [0.4, 0.5) is 0 Å². The van der Waals surface area contributed by atoms with Crippen molar-refractivity contribution in [3.8, 4) is 0 Å². The summed E-state index contributed by atoms with van der Waals surface area (Å²) >= 11 is 0. The summed E-state index contributed by atoms with van der Waals surface area (Å²) in [5, 5.41) is 0. The van der Waals surface area contributed by atoms with Crippen molar-refractivity contribution < 1.29 is 23.9 Å². The lowest BCUT2D eigenvalue weighted by molar-refractivity contribution is -0.119. The Labute approximate surface area is 120 Å². The van der Waals surface area contributed by atoms with E-state index < -0.39 is 0 Å². The molecule has 0 aromatic heterocycles. The zero-order valence-electron chi connectivity index (χ0n) is 12.3. The van der Waals surface area contributed by atoms with Crippen LogP contribution in [0.25, 0.3) is 5.53 Å². The molecule has 20 heavy (non-hydrogen) atoms. The van der Waals surface area contributed by atoms with Crippen molar-refractivity contribution in [1.82, 2.24) is 0 Å². The number of carbonyl (C=O) groups is 2. The Hall–Kier alpha value is -1.36. The van der Waals surface area contributed by atoms with Crippen molar-refractivity contribution in [2.24, 2.45) is 0 Å². The minimum absolute atomic E-state index is 0.238. The molecule has 114 valence electrons. The molecular formula is C14H24N2O4. The van der Waals surface area contributed by atoms with Gasteiger partial charge in [0.25, 0.3) is 0 Å². The third-order valence-corrected chi connectivity index (χ3v) is 2.61. The van der Waals surface area contributed by atoms with Gasteiger partial charge in [0.2, 0.25) is 5.78 Å². The maximum absolute atomic E-state index is 10.5. The van der Waals surface area contributed by atoms with Gasteiger partial charge in [0.05, 0.1) is 6.10 Å². The molecule has 2 aliphatic rings. The fourth-order valence-electron chi connectivity index (χ4n) is 1.72. The molecule has 1 unspecified atom stereocenters. The van der Waals surface area contributed by atoms with Gasteiger partial charge in [-0.1, -0.05) is 0 Å². The molecule has 0 N–H and O–H groups in total. The molecule has 2 fully saturated rings. The summed E-state index contributed by atoms with van der Waals surface area (Å²) in [5.74, 6) is -0.0144. The van der Waals surface area contributed by atoms with Crippen LogP contribution in [0, 0.1) is 0 Å². The molecule has 6 heteroatoms. The van der Waals surface area contributed by atoms with Crippen LogP contribution in [-0.4, -0.2) is 48.5 Å². The van der Waals surface area contributed by atoms with E-state index >= 15 is 0 Å². The van der Waals surface area contributed by atoms with Crippen LogP contribution in [-0.2, 0) is 19.1 Å². The molecule has 0 radical (unpaired) electrons. The Bertz CT molecular complexity index is 320. The van der Waals surface area contributed by atoms with Gasteiger partial charge >= 0.3 is 6.21 Å². The van der Waals surface area contributed by atoms with Gasteiger partial charge in [0.1, 0.15) is 5.78 Å². The van der Waals surface area contributed by atoms with Crippen molar-refractivity contribution >= 4 is 17.8 Å². The Morgan fingerprint density at radius 1 is 1.20 bits per heavy atom. The van der Waals surface area contributed by atoms with Crippen LogP contribution in [0.3, 0.4) is 0 Å². The lowest BCUT2D eigenvalue weighted by Gasteiger charge is -2.03. The molecule has 0 saturated carbocycles. The molecule has 6 nitrogen and oxygen atoms in total. The summed E-state index contributed by atoms with van der Waals surface area (Å²) in [5.41, 5.74) is 7.59. The topological polar surface area (TPSA) is 89.0 Å². The molecule has 0 aliphatic carbocycles. The summed E-state index contributed by atoms with van der Waals surface area (Å²) in [7, 11) is 0. The third-order valence-electron chi connectivity index (χ3n) is 2.61. The monoisotopic (exact) mass is 284 g/mol. The molecule has 2 aliphatic heterocycles. The minimum Gasteiger partial charge on any atom is -0.381 e. The Kier molecular flexibility index (Phi) is 11.8. The zero-order chi connectivity index (χ0) is 15.2. The van der Waals surface area contributed by atoms with E-state index in [-0.39, 0.29) is 17.7 Å². The number of rotatable bonds is 3. The number of ether oxygens (including phenoxy) is 2. The second kappa shape index (κ2) is 12.7. The molecule has 0 bridgehead atoms. The van der Waals surface area contributed by atoms with Crippen LogP contribution >= 0.6 is 0 Å². The predicted octanol–water partition coefficient (Wildman–Crippen LogP) is 1.82. The normalized spacial score (nSPS) is 19.8. The van der Waals surface area contributed by atoms with E-state index in [1.165, 1.54) is 19.8 Å². The maximum atomic E-state index is 10.5. The summed E-state index contributed by atoms with van der Waals surface area (Å²) in [6.07, 6.45) is 6.43. The Morgan fingerprint density at radius 2 is 1.85 bits per heavy atom. The predicted molar refractivity (Wildman–Crippen MR) is 74.7 cm³/mol. The number of hydrogen-bond acceptors (Lipinski definition) is 4. The maximum Gasteiger partial charge on any atom is 0.322 e. The summed E-state index contributed by atoms with van der Waals surface area (Å²) in [6, 6.07) is 0. The first kappa shape index (κ1) is 18.6. The highest BCUT2D eigenvalue weighted by atomic mass is 16.5. The second-order valence-electron chi connectivity index (χ2n) is 4.72. The highest BCUT2D eigenvalue weighted by molar-refractivity contribution is 6.23. The van der Waals surface area contributed by atoms with Crippen LogP contribution in [0.2, 0.25) is 0 Å². The average molecular weight is 284 g/mol. The molecular weight excluding hydrogens is 260 g/mol. The van der Waals surface area contributed by atoms with E-state index in [1.54, 1.807) is 6.92 Å². The highest BCUT2D eigenvalue weighted by Gasteiger charge is 2.16. The summed E-state index contributed by atoms with van der Waals surface area (Å²) in [4.78, 5) is 22.7. The van der Waals surface area contributed by atoms with E-state index in [9.17, 15) is 9.59 Å². The van der Waals surface area contributed by atoms with E-state index in [0.29, 0.717) is 6.42 Å². The smallest absolute Gasteiger partial charge is 0.322 e. The molecule has 1 atom stereocenters. The number of ketones is 2. The van der Waals surface area contributed by atoms with Crippen LogP contribution < -0.4 is 0 Å². The van der Waals surface area contributed by atoms with Gasteiger partial charge in [-0.15, -0.1) is 0 Å². The van der Waals surface area contributed by atoms with Gasteiger partial charge in [0.15, 0.2) is 0 Å². The zero-order valence-corrected chi connectivity index (χ0v) is 12.3. The van der Waals surface area contributed by atoms with Gasteiger partial charge in [-0.05, 0) is 32.6 Å². The van der Waals surface area contributed by atoms with Gasteiger partial charge < -0.3 is 15.0 Å². The van der Waals surface area contributed by atoms with Crippen LogP contribution in [0.15, 0.2) is 0 Å².